The first-order chi connectivity index (χ1) is 29.7. The number of furan rings is 1. The maximum atomic E-state index is 9.55. The van der Waals surface area contributed by atoms with Gasteiger partial charge in [0.05, 0.1) is 17.8 Å². The Hall–Kier alpha value is -6.44. The Bertz CT molecular complexity index is 3510. The van der Waals surface area contributed by atoms with Crippen LogP contribution in [0.2, 0.25) is 0 Å². The van der Waals surface area contributed by atoms with E-state index < -0.39 is 84.1 Å². The van der Waals surface area contributed by atoms with E-state index in [1.54, 1.807) is 6.07 Å². The summed E-state index contributed by atoms with van der Waals surface area (Å²) < 4.78 is 124. The van der Waals surface area contributed by atoms with Crippen molar-refractivity contribution in [3.63, 3.8) is 0 Å². The standard InChI is InChI=1S/C48H30O/c1-3-15-31(16-4-1)36-27-28-44-48(41-25-13-14-26-43(41)49-44)46(36)34-29-33-19-7-8-20-35(33)42(30-34)47-39-23-11-9-21-37(39)45(32-17-5-2-6-18-32)38-22-10-12-24-40(38)47/h1-30H/i2D,5D,6D,9D,10D,11D,12D,17D,18D,21D,22D,23D,24D. The van der Waals surface area contributed by atoms with Crippen LogP contribution in [0.4, 0.5) is 0 Å². The molecule has 0 bridgehead atoms. The van der Waals surface area contributed by atoms with E-state index in [4.69, 9.17) is 16.8 Å². The monoisotopic (exact) mass is 635 g/mol. The molecule has 0 saturated heterocycles. The summed E-state index contributed by atoms with van der Waals surface area (Å²) in [5.74, 6) is 0. The van der Waals surface area contributed by atoms with E-state index in [1.165, 1.54) is 0 Å². The van der Waals surface area contributed by atoms with Gasteiger partial charge < -0.3 is 4.42 Å². The molecule has 0 aliphatic heterocycles. The number of hydrogen-bond donors (Lipinski definition) is 0. The second-order valence-corrected chi connectivity index (χ2v) is 11.8. The molecule has 1 aromatic heterocycles. The fraction of sp³-hybridized carbons (Fsp3) is 0. The highest BCUT2D eigenvalue weighted by Gasteiger charge is 2.22. The third-order valence-corrected chi connectivity index (χ3v) is 9.17. The Kier molecular flexibility index (Phi) is 3.99. The third kappa shape index (κ3) is 4.33. The van der Waals surface area contributed by atoms with Crippen LogP contribution in [0.5, 0.6) is 0 Å². The van der Waals surface area contributed by atoms with Crippen molar-refractivity contribution in [2.45, 2.75) is 0 Å². The average molecular weight is 636 g/mol. The minimum atomic E-state index is -0.720. The first kappa shape index (κ1) is 17.6. The molecular formula is C48H30O. The van der Waals surface area contributed by atoms with Crippen molar-refractivity contribution in [2.24, 2.45) is 0 Å². The molecule has 1 nitrogen and oxygen atoms in total. The van der Waals surface area contributed by atoms with Crippen LogP contribution in [-0.4, -0.2) is 0 Å². The SMILES string of the molecule is [2H]c1c([2H])c([2H])c(-c2c3c([2H])c([2H])c([2H])c([2H])c3c(-c3cc(-c4c(-c5ccccc5)ccc5oc6ccccc6c45)cc4ccccc34)c3c([2H])c([2H])c([2H])c([2H])c23)c([2H])c1[2H]. The molecule has 0 N–H and O–H groups in total. The summed E-state index contributed by atoms with van der Waals surface area (Å²) in [6, 6.07) is 24.2. The quantitative estimate of drug-likeness (QED) is 0.175. The lowest BCUT2D eigenvalue weighted by molar-refractivity contribution is 0.669. The average Bonchev–Trinajstić information content (AvgIpc) is 3.68. The number of rotatable bonds is 4. The van der Waals surface area contributed by atoms with Gasteiger partial charge in [0.15, 0.2) is 0 Å². The van der Waals surface area contributed by atoms with Gasteiger partial charge in [-0.1, -0.05) is 157 Å². The van der Waals surface area contributed by atoms with E-state index in [9.17, 15) is 5.48 Å². The summed E-state index contributed by atoms with van der Waals surface area (Å²) >= 11 is 0. The van der Waals surface area contributed by atoms with Crippen molar-refractivity contribution < 1.29 is 22.2 Å². The molecule has 0 radical (unpaired) electrons. The Balaban J connectivity index is 1.49. The number of hydrogen-bond acceptors (Lipinski definition) is 1. The summed E-state index contributed by atoms with van der Waals surface area (Å²) in [6.07, 6.45) is 0. The van der Waals surface area contributed by atoms with E-state index in [1.807, 2.05) is 97.1 Å². The first-order valence-corrected chi connectivity index (χ1v) is 15.8. The van der Waals surface area contributed by atoms with Gasteiger partial charge >= 0.3 is 0 Å². The molecule has 0 unspecified atom stereocenters. The molecule has 0 atom stereocenters. The molecular weight excluding hydrogens is 593 g/mol. The molecule has 228 valence electrons. The molecule has 9 aromatic carbocycles. The summed E-state index contributed by atoms with van der Waals surface area (Å²) in [6.45, 7) is 0. The summed E-state index contributed by atoms with van der Waals surface area (Å²) in [5, 5.41) is 2.17. The molecule has 0 saturated carbocycles. The van der Waals surface area contributed by atoms with Crippen LogP contribution in [-0.2, 0) is 0 Å². The summed E-state index contributed by atoms with van der Waals surface area (Å²) in [7, 11) is 0. The van der Waals surface area contributed by atoms with Crippen molar-refractivity contribution in [3.05, 3.63) is 182 Å². The zero-order valence-corrected chi connectivity index (χ0v) is 25.7. The third-order valence-electron chi connectivity index (χ3n) is 9.17. The van der Waals surface area contributed by atoms with Crippen molar-refractivity contribution >= 4 is 54.3 Å². The van der Waals surface area contributed by atoms with E-state index in [0.717, 1.165) is 27.5 Å². The lowest BCUT2D eigenvalue weighted by Gasteiger charge is -2.20. The zero-order chi connectivity index (χ0) is 43.6. The molecule has 0 amide bonds. The van der Waals surface area contributed by atoms with E-state index in [-0.39, 0.29) is 32.7 Å². The maximum absolute atomic E-state index is 9.55. The minimum Gasteiger partial charge on any atom is -0.456 e. The fourth-order valence-electron chi connectivity index (χ4n) is 7.16. The van der Waals surface area contributed by atoms with Gasteiger partial charge in [-0.15, -0.1) is 0 Å². The Morgan fingerprint density at radius 2 is 0.980 bits per heavy atom. The van der Waals surface area contributed by atoms with Gasteiger partial charge in [-0.05, 0) is 95.5 Å². The summed E-state index contributed by atoms with van der Waals surface area (Å²) in [5.41, 5.74) is 4.18. The van der Waals surface area contributed by atoms with Crippen molar-refractivity contribution in [3.8, 4) is 44.5 Å². The van der Waals surface area contributed by atoms with Crippen molar-refractivity contribution in [1.29, 1.82) is 0 Å². The zero-order valence-electron chi connectivity index (χ0n) is 38.7. The van der Waals surface area contributed by atoms with E-state index in [2.05, 4.69) is 0 Å². The van der Waals surface area contributed by atoms with Crippen LogP contribution in [0.15, 0.2) is 186 Å². The molecule has 0 fully saturated rings. The Morgan fingerprint density at radius 1 is 0.367 bits per heavy atom. The molecule has 49 heavy (non-hydrogen) atoms. The molecule has 0 spiro atoms. The summed E-state index contributed by atoms with van der Waals surface area (Å²) in [4.78, 5) is 0. The van der Waals surface area contributed by atoms with Crippen LogP contribution < -0.4 is 0 Å². The predicted molar refractivity (Wildman–Crippen MR) is 208 cm³/mol. The molecule has 10 rings (SSSR count). The smallest absolute Gasteiger partial charge is 0.136 e. The van der Waals surface area contributed by atoms with Crippen molar-refractivity contribution in [1.82, 2.24) is 0 Å². The molecule has 1 heteroatoms. The van der Waals surface area contributed by atoms with Gasteiger partial charge in [0, 0.05) is 16.3 Å². The van der Waals surface area contributed by atoms with Crippen LogP contribution >= 0.6 is 0 Å². The van der Waals surface area contributed by atoms with Gasteiger partial charge in [-0.2, -0.15) is 0 Å². The maximum Gasteiger partial charge on any atom is 0.136 e. The number of para-hydroxylation sites is 1. The van der Waals surface area contributed by atoms with Gasteiger partial charge in [-0.25, -0.2) is 0 Å². The Morgan fingerprint density at radius 3 is 1.71 bits per heavy atom. The van der Waals surface area contributed by atoms with Gasteiger partial charge in [0.2, 0.25) is 0 Å². The molecule has 0 aliphatic rings. The first-order valence-electron chi connectivity index (χ1n) is 22.3. The largest absolute Gasteiger partial charge is 0.456 e. The second-order valence-electron chi connectivity index (χ2n) is 11.8. The second kappa shape index (κ2) is 11.1. The lowest BCUT2D eigenvalue weighted by Crippen LogP contribution is -1.93. The Labute approximate surface area is 302 Å². The van der Waals surface area contributed by atoms with Gasteiger partial charge in [0.1, 0.15) is 11.2 Å². The highest BCUT2D eigenvalue weighted by Crippen LogP contribution is 2.48. The normalized spacial score (nSPS) is 15.4. The van der Waals surface area contributed by atoms with E-state index >= 15 is 0 Å². The van der Waals surface area contributed by atoms with Crippen LogP contribution in [0.3, 0.4) is 0 Å². The van der Waals surface area contributed by atoms with Gasteiger partial charge in [0.25, 0.3) is 0 Å². The van der Waals surface area contributed by atoms with Crippen LogP contribution in [0, 0.1) is 0 Å². The molecule has 10 aromatic rings. The highest BCUT2D eigenvalue weighted by atomic mass is 16.3. The van der Waals surface area contributed by atoms with Crippen LogP contribution in [0.1, 0.15) is 17.8 Å². The minimum absolute atomic E-state index is 0.0636. The number of benzene rings is 9. The molecule has 0 aliphatic carbocycles. The van der Waals surface area contributed by atoms with Crippen molar-refractivity contribution in [2.75, 3.05) is 0 Å². The topological polar surface area (TPSA) is 13.1 Å². The fourth-order valence-corrected chi connectivity index (χ4v) is 7.16. The number of fused-ring (bicyclic) bond motifs is 6. The van der Waals surface area contributed by atoms with Gasteiger partial charge in [-0.3, -0.25) is 0 Å². The predicted octanol–water partition coefficient (Wildman–Crippen LogP) is 13.7. The lowest BCUT2D eigenvalue weighted by atomic mass is 9.83. The molecule has 1 heterocycles. The van der Waals surface area contributed by atoms with E-state index in [0.29, 0.717) is 33.1 Å². The highest BCUT2D eigenvalue weighted by molar-refractivity contribution is 6.24. The van der Waals surface area contributed by atoms with Crippen LogP contribution in [0.25, 0.3) is 98.8 Å².